The van der Waals surface area contributed by atoms with Gasteiger partial charge in [-0.25, -0.2) is 19.7 Å². The monoisotopic (exact) mass is 354 g/mol. The van der Waals surface area contributed by atoms with Gasteiger partial charge in [-0.1, -0.05) is 23.5 Å². The highest BCUT2D eigenvalue weighted by molar-refractivity contribution is 7.22. The number of urea groups is 1. The number of piperidine rings is 1. The summed E-state index contributed by atoms with van der Waals surface area (Å²) in [6, 6.07) is 9.60. The molecule has 0 atom stereocenters. The molecule has 0 bridgehead atoms. The number of anilines is 2. The molecule has 1 saturated heterocycles. The Balaban J connectivity index is 1.30. The molecular formula is C17H18N6OS. The molecule has 0 saturated carbocycles. The molecule has 7 nitrogen and oxygen atoms in total. The Kier molecular flexibility index (Phi) is 4.43. The van der Waals surface area contributed by atoms with Crippen molar-refractivity contribution < 1.29 is 4.79 Å². The van der Waals surface area contributed by atoms with E-state index in [1.54, 1.807) is 12.4 Å². The first-order valence-electron chi connectivity index (χ1n) is 8.23. The van der Waals surface area contributed by atoms with E-state index in [1.165, 1.54) is 11.3 Å². The van der Waals surface area contributed by atoms with Crippen LogP contribution in [-0.2, 0) is 0 Å². The number of hydrogen-bond donors (Lipinski definition) is 2. The van der Waals surface area contributed by atoms with Gasteiger partial charge in [0.05, 0.1) is 10.2 Å². The van der Waals surface area contributed by atoms with Gasteiger partial charge in [-0.2, -0.15) is 0 Å². The first kappa shape index (κ1) is 15.8. The second kappa shape index (κ2) is 7.02. The zero-order chi connectivity index (χ0) is 17.1. The van der Waals surface area contributed by atoms with Crippen molar-refractivity contribution in [2.75, 3.05) is 23.3 Å². The smallest absolute Gasteiger partial charge is 0.321 e. The molecule has 0 radical (unpaired) electrons. The third-order valence-corrected chi connectivity index (χ3v) is 5.13. The highest BCUT2D eigenvalue weighted by Crippen LogP contribution is 2.25. The maximum Gasteiger partial charge on any atom is 0.321 e. The second-order valence-electron chi connectivity index (χ2n) is 5.90. The van der Waals surface area contributed by atoms with Crippen molar-refractivity contribution >= 4 is 38.7 Å². The first-order chi connectivity index (χ1) is 12.3. The van der Waals surface area contributed by atoms with Gasteiger partial charge in [0.2, 0.25) is 5.95 Å². The highest BCUT2D eigenvalue weighted by Gasteiger charge is 2.22. The minimum absolute atomic E-state index is 0.148. The normalized spacial score (nSPS) is 15.3. The van der Waals surface area contributed by atoms with Crippen LogP contribution in [0.4, 0.5) is 15.9 Å². The number of carbonyl (C=O) groups excluding carboxylic acids is 1. The minimum atomic E-state index is -0.200. The highest BCUT2D eigenvalue weighted by atomic mass is 32.1. The molecule has 1 aromatic carbocycles. The summed E-state index contributed by atoms with van der Waals surface area (Å²) in [5.41, 5.74) is 0.902. The lowest BCUT2D eigenvalue weighted by Crippen LogP contribution is -2.46. The molecule has 0 aliphatic carbocycles. The SMILES string of the molecule is O=C(Nc1nc2ccccc2s1)NC1CCN(c2ncccn2)CC1. The van der Waals surface area contributed by atoms with Crippen LogP contribution < -0.4 is 15.5 Å². The van der Waals surface area contributed by atoms with E-state index in [-0.39, 0.29) is 12.1 Å². The van der Waals surface area contributed by atoms with E-state index in [1.807, 2.05) is 30.3 Å². The Labute approximate surface area is 149 Å². The molecule has 25 heavy (non-hydrogen) atoms. The van der Waals surface area contributed by atoms with Gasteiger partial charge in [-0.05, 0) is 31.0 Å². The Bertz CT molecular complexity index is 827. The average molecular weight is 354 g/mol. The van der Waals surface area contributed by atoms with E-state index in [2.05, 4.69) is 30.5 Å². The van der Waals surface area contributed by atoms with Gasteiger partial charge in [0.1, 0.15) is 0 Å². The lowest BCUT2D eigenvalue weighted by atomic mass is 10.1. The summed E-state index contributed by atoms with van der Waals surface area (Å²) in [6.45, 7) is 1.66. The minimum Gasteiger partial charge on any atom is -0.341 e. The van der Waals surface area contributed by atoms with Crippen LogP contribution >= 0.6 is 11.3 Å². The lowest BCUT2D eigenvalue weighted by Gasteiger charge is -2.32. The zero-order valence-electron chi connectivity index (χ0n) is 13.6. The van der Waals surface area contributed by atoms with Crippen LogP contribution in [0, 0.1) is 0 Å². The van der Waals surface area contributed by atoms with Crippen molar-refractivity contribution in [2.45, 2.75) is 18.9 Å². The van der Waals surface area contributed by atoms with Crippen LogP contribution in [0.25, 0.3) is 10.2 Å². The summed E-state index contributed by atoms with van der Waals surface area (Å²) in [6.07, 6.45) is 5.23. The third-order valence-electron chi connectivity index (χ3n) is 4.18. The molecule has 1 aliphatic rings. The molecule has 4 rings (SSSR count). The van der Waals surface area contributed by atoms with Crippen molar-refractivity contribution in [2.24, 2.45) is 0 Å². The van der Waals surface area contributed by atoms with Gasteiger partial charge >= 0.3 is 6.03 Å². The number of nitrogens with one attached hydrogen (secondary N) is 2. The predicted molar refractivity (Wildman–Crippen MR) is 99.0 cm³/mol. The summed E-state index contributed by atoms with van der Waals surface area (Å²) in [4.78, 5) is 27.3. The number of hydrogen-bond acceptors (Lipinski definition) is 6. The van der Waals surface area contributed by atoms with E-state index in [4.69, 9.17) is 0 Å². The summed E-state index contributed by atoms with van der Waals surface area (Å²) >= 11 is 1.48. The number of benzene rings is 1. The Morgan fingerprint density at radius 3 is 2.64 bits per heavy atom. The van der Waals surface area contributed by atoms with E-state index in [0.29, 0.717) is 5.13 Å². The van der Waals surface area contributed by atoms with Gasteiger partial charge < -0.3 is 10.2 Å². The molecular weight excluding hydrogens is 336 g/mol. The Morgan fingerprint density at radius 1 is 1.12 bits per heavy atom. The van der Waals surface area contributed by atoms with E-state index >= 15 is 0 Å². The zero-order valence-corrected chi connectivity index (χ0v) is 14.4. The number of nitrogens with zero attached hydrogens (tertiary/aromatic N) is 4. The summed E-state index contributed by atoms with van der Waals surface area (Å²) in [5, 5.41) is 6.49. The molecule has 1 fully saturated rings. The summed E-state index contributed by atoms with van der Waals surface area (Å²) in [5.74, 6) is 0.750. The van der Waals surface area contributed by atoms with Crippen LogP contribution in [0.3, 0.4) is 0 Å². The first-order valence-corrected chi connectivity index (χ1v) is 9.04. The molecule has 128 valence electrons. The fraction of sp³-hybridized carbons (Fsp3) is 0.294. The predicted octanol–water partition coefficient (Wildman–Crippen LogP) is 2.88. The van der Waals surface area contributed by atoms with Crippen molar-refractivity contribution in [1.82, 2.24) is 20.3 Å². The fourth-order valence-corrected chi connectivity index (χ4v) is 3.78. The quantitative estimate of drug-likeness (QED) is 0.756. The van der Waals surface area contributed by atoms with Gasteiger partial charge in [0, 0.05) is 31.5 Å². The van der Waals surface area contributed by atoms with Crippen molar-refractivity contribution in [3.63, 3.8) is 0 Å². The standard InChI is InChI=1S/C17H18N6OS/c24-16(22-17-21-13-4-1-2-5-14(13)25-17)20-12-6-10-23(11-7-12)15-18-8-3-9-19-15/h1-5,8-9,12H,6-7,10-11H2,(H2,20,21,22,24). The molecule has 3 aromatic rings. The Morgan fingerprint density at radius 2 is 1.88 bits per heavy atom. The average Bonchev–Trinajstić information content (AvgIpc) is 3.05. The number of rotatable bonds is 3. The molecule has 3 heterocycles. The molecule has 2 amide bonds. The van der Waals surface area contributed by atoms with Crippen LogP contribution in [0.15, 0.2) is 42.7 Å². The van der Waals surface area contributed by atoms with Crippen molar-refractivity contribution in [3.8, 4) is 0 Å². The number of aromatic nitrogens is 3. The fourth-order valence-electron chi connectivity index (χ4n) is 2.92. The largest absolute Gasteiger partial charge is 0.341 e. The van der Waals surface area contributed by atoms with E-state index < -0.39 is 0 Å². The summed E-state index contributed by atoms with van der Waals surface area (Å²) < 4.78 is 1.06. The number of thiazole rings is 1. The number of carbonyl (C=O) groups is 1. The Hall–Kier alpha value is -2.74. The van der Waals surface area contributed by atoms with Crippen molar-refractivity contribution in [3.05, 3.63) is 42.7 Å². The molecule has 2 aromatic heterocycles. The molecule has 1 aliphatic heterocycles. The summed E-state index contributed by atoms with van der Waals surface area (Å²) in [7, 11) is 0. The van der Waals surface area contributed by atoms with E-state index in [9.17, 15) is 4.79 Å². The molecule has 8 heteroatoms. The van der Waals surface area contributed by atoms with E-state index in [0.717, 1.165) is 42.1 Å². The van der Waals surface area contributed by atoms with Crippen LogP contribution in [0.2, 0.25) is 0 Å². The van der Waals surface area contributed by atoms with Crippen LogP contribution in [0.5, 0.6) is 0 Å². The van der Waals surface area contributed by atoms with Crippen LogP contribution in [0.1, 0.15) is 12.8 Å². The van der Waals surface area contributed by atoms with Crippen LogP contribution in [-0.4, -0.2) is 40.1 Å². The maximum atomic E-state index is 12.2. The maximum absolute atomic E-state index is 12.2. The van der Waals surface area contributed by atoms with Gasteiger partial charge in [0.15, 0.2) is 5.13 Å². The van der Waals surface area contributed by atoms with Crippen molar-refractivity contribution in [1.29, 1.82) is 0 Å². The number of amides is 2. The number of para-hydroxylation sites is 1. The molecule has 0 spiro atoms. The molecule has 0 unspecified atom stereocenters. The molecule has 2 N–H and O–H groups in total. The topological polar surface area (TPSA) is 83.0 Å². The van der Waals surface area contributed by atoms with Gasteiger partial charge in [-0.15, -0.1) is 0 Å². The third kappa shape index (κ3) is 3.69. The lowest BCUT2D eigenvalue weighted by molar-refractivity contribution is 0.246. The number of fused-ring (bicyclic) bond motifs is 1. The van der Waals surface area contributed by atoms with Gasteiger partial charge in [-0.3, -0.25) is 5.32 Å². The second-order valence-corrected chi connectivity index (χ2v) is 6.93. The van der Waals surface area contributed by atoms with Gasteiger partial charge in [0.25, 0.3) is 0 Å².